The topological polar surface area (TPSA) is 17.0 Å². The molecule has 0 fully saturated rings. The second-order valence-corrected chi connectivity index (χ2v) is 14.0. The quantitative estimate of drug-likeness (QED) is 0.483. The number of hydrogen-bond acceptors (Lipinski definition) is 1. The van der Waals surface area contributed by atoms with Gasteiger partial charge in [0.25, 0.3) is 0 Å². The zero-order chi connectivity index (χ0) is 20.1. The Morgan fingerprint density at radius 3 is 2.43 bits per heavy atom. The summed E-state index contributed by atoms with van der Waals surface area (Å²) in [7, 11) is -1.34. The van der Waals surface area contributed by atoms with Crippen LogP contribution in [0.2, 0.25) is 19.6 Å². The Morgan fingerprint density at radius 2 is 1.75 bits per heavy atom. The summed E-state index contributed by atoms with van der Waals surface area (Å²) in [5, 5.41) is 8.01. The number of para-hydroxylation sites is 1. The van der Waals surface area contributed by atoms with Crippen molar-refractivity contribution in [2.75, 3.05) is 0 Å². The lowest BCUT2D eigenvalue weighted by atomic mass is 9.94. The summed E-state index contributed by atoms with van der Waals surface area (Å²) < 4.78 is 2.44. The fourth-order valence-electron chi connectivity index (χ4n) is 4.68. The Kier molecular flexibility index (Phi) is 4.74. The predicted molar refractivity (Wildman–Crippen MR) is 126 cm³/mol. The third-order valence-corrected chi connectivity index (χ3v) is 8.20. The summed E-state index contributed by atoms with van der Waals surface area (Å²) in [5.74, 6) is 0. The SMILES string of the molecule is CCC1=CC(c2cc3c4ccccc4n(CC)c3cc2C)NC=C1[Si](C)(C)C. The van der Waals surface area contributed by atoms with Gasteiger partial charge in [0.05, 0.1) is 14.1 Å². The van der Waals surface area contributed by atoms with Crippen molar-refractivity contribution in [2.45, 2.75) is 59.4 Å². The molecule has 0 aliphatic carbocycles. The van der Waals surface area contributed by atoms with Crippen LogP contribution in [0.1, 0.15) is 37.4 Å². The van der Waals surface area contributed by atoms with Gasteiger partial charge in [-0.15, -0.1) is 0 Å². The molecule has 1 aliphatic heterocycles. The molecule has 1 aliphatic rings. The molecular weight excluding hydrogens is 356 g/mol. The fraction of sp³-hybridized carbons (Fsp3) is 0.360. The van der Waals surface area contributed by atoms with Crippen molar-refractivity contribution < 1.29 is 0 Å². The molecule has 0 radical (unpaired) electrons. The van der Waals surface area contributed by atoms with Gasteiger partial charge < -0.3 is 9.88 Å². The van der Waals surface area contributed by atoms with Crippen molar-refractivity contribution in [2.24, 2.45) is 0 Å². The largest absolute Gasteiger partial charge is 0.381 e. The maximum absolute atomic E-state index is 3.72. The van der Waals surface area contributed by atoms with Crippen molar-refractivity contribution in [1.29, 1.82) is 0 Å². The lowest BCUT2D eigenvalue weighted by molar-refractivity contribution is 0.725. The van der Waals surface area contributed by atoms with Gasteiger partial charge in [-0.05, 0) is 66.6 Å². The number of fused-ring (bicyclic) bond motifs is 3. The number of rotatable bonds is 4. The van der Waals surface area contributed by atoms with Crippen molar-refractivity contribution >= 4 is 29.9 Å². The molecule has 146 valence electrons. The number of aromatic nitrogens is 1. The molecule has 2 heterocycles. The molecule has 0 bridgehead atoms. The van der Waals surface area contributed by atoms with Crippen LogP contribution in [0, 0.1) is 6.92 Å². The molecular formula is C25H32N2Si. The second-order valence-electron chi connectivity index (χ2n) is 8.99. The Bertz CT molecular complexity index is 1110. The van der Waals surface area contributed by atoms with Gasteiger partial charge in [0.15, 0.2) is 0 Å². The average molecular weight is 389 g/mol. The van der Waals surface area contributed by atoms with E-state index in [1.54, 1.807) is 5.20 Å². The highest BCUT2D eigenvalue weighted by atomic mass is 28.3. The van der Waals surface area contributed by atoms with E-state index in [0.717, 1.165) is 13.0 Å². The molecule has 0 saturated carbocycles. The molecule has 1 atom stereocenters. The van der Waals surface area contributed by atoms with E-state index in [2.05, 4.69) is 99.0 Å². The van der Waals surface area contributed by atoms with Crippen LogP contribution in [-0.2, 0) is 6.54 Å². The molecule has 3 heteroatoms. The molecule has 4 rings (SSSR count). The van der Waals surface area contributed by atoms with E-state index in [1.165, 1.54) is 38.5 Å². The summed E-state index contributed by atoms with van der Waals surface area (Å²) in [4.78, 5) is 0. The monoisotopic (exact) mass is 388 g/mol. The predicted octanol–water partition coefficient (Wildman–Crippen LogP) is 6.86. The van der Waals surface area contributed by atoms with Crippen LogP contribution < -0.4 is 5.32 Å². The third kappa shape index (κ3) is 3.02. The first-order valence-corrected chi connectivity index (χ1v) is 14.0. The molecule has 0 spiro atoms. The minimum Gasteiger partial charge on any atom is -0.381 e. The minimum atomic E-state index is -1.34. The molecule has 1 aromatic heterocycles. The fourth-order valence-corrected chi connectivity index (χ4v) is 6.42. The summed E-state index contributed by atoms with van der Waals surface area (Å²) in [6.45, 7) is 15.1. The Balaban J connectivity index is 1.87. The van der Waals surface area contributed by atoms with Gasteiger partial charge in [0.2, 0.25) is 0 Å². The van der Waals surface area contributed by atoms with Crippen molar-refractivity contribution in [3.63, 3.8) is 0 Å². The first kappa shape index (κ1) is 19.1. The van der Waals surface area contributed by atoms with E-state index in [0.29, 0.717) is 0 Å². The highest BCUT2D eigenvalue weighted by Gasteiger charge is 2.26. The lowest BCUT2D eigenvalue weighted by Crippen LogP contribution is -2.31. The minimum absolute atomic E-state index is 0.253. The van der Waals surface area contributed by atoms with Gasteiger partial charge in [0.1, 0.15) is 0 Å². The number of hydrogen-bond donors (Lipinski definition) is 1. The van der Waals surface area contributed by atoms with Crippen LogP contribution in [0.25, 0.3) is 21.8 Å². The number of benzene rings is 2. The van der Waals surface area contributed by atoms with Gasteiger partial charge in [-0.3, -0.25) is 0 Å². The molecule has 1 N–H and O–H groups in total. The van der Waals surface area contributed by atoms with Gasteiger partial charge >= 0.3 is 0 Å². The Hall–Kier alpha value is -2.26. The summed E-state index contributed by atoms with van der Waals surface area (Å²) >= 11 is 0. The molecule has 1 unspecified atom stereocenters. The van der Waals surface area contributed by atoms with Crippen molar-refractivity contribution in [3.8, 4) is 0 Å². The van der Waals surface area contributed by atoms with Crippen molar-refractivity contribution in [1.82, 2.24) is 9.88 Å². The molecule has 2 nitrogen and oxygen atoms in total. The number of allylic oxidation sites excluding steroid dienone is 2. The standard InChI is InChI=1S/C25H32N2Si/c1-7-18-14-22(26-16-25(18)28(4,5)6)20-15-21-19-11-9-10-12-23(19)27(8-2)24(21)13-17(20)3/h9-16,22,26H,7-8H2,1-6H3. The van der Waals surface area contributed by atoms with Gasteiger partial charge in [-0.1, -0.05) is 50.8 Å². The zero-order valence-corrected chi connectivity index (χ0v) is 19.1. The van der Waals surface area contributed by atoms with Gasteiger partial charge in [-0.25, -0.2) is 0 Å². The first-order chi connectivity index (χ1) is 13.3. The summed E-state index contributed by atoms with van der Waals surface area (Å²) in [6, 6.07) is 13.9. The maximum Gasteiger partial charge on any atom is 0.0798 e. The molecule has 2 aromatic carbocycles. The maximum atomic E-state index is 3.72. The molecule has 0 amide bonds. The summed E-state index contributed by atoms with van der Waals surface area (Å²) in [6.07, 6.45) is 5.89. The number of nitrogens with zero attached hydrogens (tertiary/aromatic N) is 1. The molecule has 0 saturated heterocycles. The zero-order valence-electron chi connectivity index (χ0n) is 18.1. The van der Waals surface area contributed by atoms with Crippen LogP contribution in [-0.4, -0.2) is 12.6 Å². The average Bonchev–Trinajstić information content (AvgIpc) is 2.98. The molecule has 3 aromatic rings. The van der Waals surface area contributed by atoms with E-state index in [1.807, 2.05) is 0 Å². The molecule has 28 heavy (non-hydrogen) atoms. The van der Waals surface area contributed by atoms with Crippen LogP contribution >= 0.6 is 0 Å². The highest BCUT2D eigenvalue weighted by molar-refractivity contribution is 6.84. The van der Waals surface area contributed by atoms with Crippen LogP contribution in [0.5, 0.6) is 0 Å². The summed E-state index contributed by atoms with van der Waals surface area (Å²) in [5.41, 5.74) is 6.96. The number of aryl methyl sites for hydroxylation is 2. The van der Waals surface area contributed by atoms with Gasteiger partial charge in [-0.2, -0.15) is 0 Å². The highest BCUT2D eigenvalue weighted by Crippen LogP contribution is 2.36. The van der Waals surface area contributed by atoms with E-state index < -0.39 is 8.07 Å². The Morgan fingerprint density at radius 1 is 1.00 bits per heavy atom. The lowest BCUT2D eigenvalue weighted by Gasteiger charge is -2.30. The van der Waals surface area contributed by atoms with E-state index in [9.17, 15) is 0 Å². The smallest absolute Gasteiger partial charge is 0.0798 e. The number of nitrogens with one attached hydrogen (secondary N) is 1. The van der Waals surface area contributed by atoms with E-state index in [4.69, 9.17) is 0 Å². The van der Waals surface area contributed by atoms with Crippen LogP contribution in [0.15, 0.2) is 59.4 Å². The first-order valence-electron chi connectivity index (χ1n) is 10.5. The van der Waals surface area contributed by atoms with Crippen molar-refractivity contribution in [3.05, 3.63) is 70.6 Å². The number of dihydropyridines is 1. The van der Waals surface area contributed by atoms with E-state index in [-0.39, 0.29) is 6.04 Å². The van der Waals surface area contributed by atoms with Crippen LogP contribution in [0.3, 0.4) is 0 Å². The van der Waals surface area contributed by atoms with Crippen LogP contribution in [0.4, 0.5) is 0 Å². The van der Waals surface area contributed by atoms with E-state index >= 15 is 0 Å². The third-order valence-electron chi connectivity index (χ3n) is 6.12. The second kappa shape index (κ2) is 6.96. The normalized spacial score (nSPS) is 17.6. The Labute approximate surface area is 170 Å². The van der Waals surface area contributed by atoms with Gasteiger partial charge in [0, 0.05) is 28.4 Å².